The number of nitro groups is 1. The van der Waals surface area contributed by atoms with Gasteiger partial charge in [-0.1, -0.05) is 5.92 Å². The van der Waals surface area contributed by atoms with E-state index in [0.717, 1.165) is 18.2 Å². The molecule has 1 amide bonds. The number of non-ortho nitro benzene ring substituents is 1. The van der Waals surface area contributed by atoms with E-state index in [1.807, 2.05) is 0 Å². The lowest BCUT2D eigenvalue weighted by Gasteiger charge is -2.06. The lowest BCUT2D eigenvalue weighted by molar-refractivity contribution is -0.384. The van der Waals surface area contributed by atoms with Crippen molar-refractivity contribution in [3.8, 4) is 12.3 Å². The molecule has 0 aliphatic heterocycles. The van der Waals surface area contributed by atoms with Crippen LogP contribution in [-0.2, 0) is 4.79 Å². The van der Waals surface area contributed by atoms with Gasteiger partial charge in [0.05, 0.1) is 22.6 Å². The Labute approximate surface area is 102 Å². The second kappa shape index (κ2) is 5.45. The predicted octanol–water partition coefficient (Wildman–Crippen LogP) is 1.25. The Morgan fingerprint density at radius 1 is 1.50 bits per heavy atom. The summed E-state index contributed by atoms with van der Waals surface area (Å²) in [7, 11) is 0. The van der Waals surface area contributed by atoms with Crippen LogP contribution in [0.15, 0.2) is 18.2 Å². The molecule has 0 saturated heterocycles. The van der Waals surface area contributed by atoms with Crippen molar-refractivity contribution >= 4 is 23.3 Å². The first-order valence-corrected chi connectivity index (χ1v) is 4.70. The van der Waals surface area contributed by atoms with E-state index in [-0.39, 0.29) is 23.4 Å². The van der Waals surface area contributed by atoms with E-state index < -0.39 is 16.8 Å². The van der Waals surface area contributed by atoms with Crippen LogP contribution < -0.4 is 5.32 Å². The van der Waals surface area contributed by atoms with Gasteiger partial charge in [-0.05, 0) is 6.07 Å². The molecular formula is C11H8N2O5. The van der Waals surface area contributed by atoms with E-state index in [1.54, 1.807) is 0 Å². The molecule has 0 bridgehead atoms. The second-order valence-corrected chi connectivity index (χ2v) is 3.22. The van der Waals surface area contributed by atoms with Gasteiger partial charge in [0.25, 0.3) is 5.69 Å². The minimum absolute atomic E-state index is 0.0339. The number of carbonyl (C=O) groups excluding carboxylic acids is 1. The number of carboxylic acid groups (broad SMARTS) is 1. The van der Waals surface area contributed by atoms with Gasteiger partial charge in [-0.3, -0.25) is 14.9 Å². The molecule has 0 saturated carbocycles. The number of anilines is 1. The van der Waals surface area contributed by atoms with Crippen LogP contribution in [0.4, 0.5) is 11.4 Å². The quantitative estimate of drug-likeness (QED) is 0.473. The van der Waals surface area contributed by atoms with Crippen molar-refractivity contribution in [2.45, 2.75) is 6.42 Å². The summed E-state index contributed by atoms with van der Waals surface area (Å²) in [5, 5.41) is 21.7. The Kier molecular flexibility index (Phi) is 3.99. The third kappa shape index (κ3) is 3.05. The molecule has 1 aromatic carbocycles. The van der Waals surface area contributed by atoms with Crippen molar-refractivity contribution in [3.63, 3.8) is 0 Å². The molecule has 0 heterocycles. The number of carboxylic acids is 1. The van der Waals surface area contributed by atoms with Crippen molar-refractivity contribution in [2.75, 3.05) is 5.32 Å². The van der Waals surface area contributed by atoms with Crippen molar-refractivity contribution in [1.29, 1.82) is 0 Å². The van der Waals surface area contributed by atoms with Crippen molar-refractivity contribution in [3.05, 3.63) is 33.9 Å². The molecule has 0 aliphatic rings. The number of amides is 1. The molecule has 18 heavy (non-hydrogen) atoms. The summed E-state index contributed by atoms with van der Waals surface area (Å²) in [6.07, 6.45) is 4.72. The van der Waals surface area contributed by atoms with Crippen LogP contribution in [0, 0.1) is 22.5 Å². The lowest BCUT2D eigenvalue weighted by Crippen LogP contribution is -2.13. The summed E-state index contributed by atoms with van der Waals surface area (Å²) in [6, 6.07) is 3.11. The first kappa shape index (κ1) is 13.2. The fourth-order valence-electron chi connectivity index (χ4n) is 1.22. The topological polar surface area (TPSA) is 110 Å². The summed E-state index contributed by atoms with van der Waals surface area (Å²) in [4.78, 5) is 31.9. The van der Waals surface area contributed by atoms with Gasteiger partial charge in [-0.15, -0.1) is 6.42 Å². The molecule has 0 fully saturated rings. The summed E-state index contributed by atoms with van der Waals surface area (Å²) < 4.78 is 0. The van der Waals surface area contributed by atoms with Gasteiger partial charge in [-0.2, -0.15) is 0 Å². The zero-order valence-corrected chi connectivity index (χ0v) is 9.04. The van der Waals surface area contributed by atoms with Crippen LogP contribution in [0.1, 0.15) is 16.8 Å². The molecule has 0 radical (unpaired) electrons. The number of nitro benzene ring substituents is 1. The van der Waals surface area contributed by atoms with Crippen LogP contribution in [0.2, 0.25) is 0 Å². The third-order valence-electron chi connectivity index (χ3n) is 1.98. The Morgan fingerprint density at radius 3 is 2.67 bits per heavy atom. The monoisotopic (exact) mass is 248 g/mol. The average molecular weight is 248 g/mol. The zero-order chi connectivity index (χ0) is 13.7. The number of rotatable bonds is 4. The summed E-state index contributed by atoms with van der Waals surface area (Å²) >= 11 is 0. The first-order chi connectivity index (χ1) is 8.45. The second-order valence-electron chi connectivity index (χ2n) is 3.22. The van der Waals surface area contributed by atoms with Crippen LogP contribution >= 0.6 is 0 Å². The Balaban J connectivity index is 3.12. The van der Waals surface area contributed by atoms with Crippen LogP contribution in [0.3, 0.4) is 0 Å². The molecule has 0 atom stereocenters. The van der Waals surface area contributed by atoms with E-state index in [1.165, 1.54) is 0 Å². The minimum atomic E-state index is -1.38. The molecule has 7 heteroatoms. The van der Waals surface area contributed by atoms with Gasteiger partial charge in [0.2, 0.25) is 5.91 Å². The Bertz CT molecular complexity index is 559. The number of aromatic carboxylic acids is 1. The van der Waals surface area contributed by atoms with Gasteiger partial charge < -0.3 is 10.4 Å². The number of terminal acetylenes is 1. The molecule has 0 aromatic heterocycles. The maximum absolute atomic E-state index is 11.2. The number of hydrogen-bond donors (Lipinski definition) is 2. The van der Waals surface area contributed by atoms with Crippen LogP contribution in [0.5, 0.6) is 0 Å². The third-order valence-corrected chi connectivity index (χ3v) is 1.98. The van der Waals surface area contributed by atoms with Crippen molar-refractivity contribution in [2.24, 2.45) is 0 Å². The van der Waals surface area contributed by atoms with Crippen LogP contribution in [0.25, 0.3) is 0 Å². The van der Waals surface area contributed by atoms with Gasteiger partial charge in [0.1, 0.15) is 0 Å². The maximum Gasteiger partial charge on any atom is 0.338 e. The smallest absolute Gasteiger partial charge is 0.338 e. The highest BCUT2D eigenvalue weighted by molar-refractivity contribution is 6.01. The minimum Gasteiger partial charge on any atom is -0.478 e. The predicted molar refractivity (Wildman–Crippen MR) is 62.1 cm³/mol. The molecule has 1 rings (SSSR count). The van der Waals surface area contributed by atoms with Gasteiger partial charge in [-0.25, -0.2) is 4.79 Å². The number of carbonyl (C=O) groups is 2. The van der Waals surface area contributed by atoms with E-state index >= 15 is 0 Å². The normalized spacial score (nSPS) is 9.28. The molecule has 7 nitrogen and oxygen atoms in total. The van der Waals surface area contributed by atoms with E-state index in [0.29, 0.717) is 0 Å². The number of benzene rings is 1. The van der Waals surface area contributed by atoms with E-state index in [4.69, 9.17) is 11.5 Å². The molecule has 0 aliphatic carbocycles. The summed E-state index contributed by atoms with van der Waals surface area (Å²) in [5.74, 6) is 0.157. The number of nitrogens with one attached hydrogen (secondary N) is 1. The SMILES string of the molecule is C#CCC(=O)Nc1ccc([N+](=O)[O-])cc1C(=O)O. The van der Waals surface area contributed by atoms with Gasteiger partial charge in [0, 0.05) is 12.1 Å². The van der Waals surface area contributed by atoms with Crippen molar-refractivity contribution in [1.82, 2.24) is 0 Å². The summed E-state index contributed by atoms with van der Waals surface area (Å²) in [6.45, 7) is 0. The number of hydrogen-bond acceptors (Lipinski definition) is 4. The molecule has 2 N–H and O–H groups in total. The standard InChI is InChI=1S/C11H8N2O5/c1-2-3-10(14)12-9-5-4-7(13(17)18)6-8(9)11(15)16/h1,4-6H,3H2,(H,12,14)(H,15,16). The van der Waals surface area contributed by atoms with Crippen LogP contribution in [-0.4, -0.2) is 21.9 Å². The molecule has 92 valence electrons. The Morgan fingerprint density at radius 2 is 2.17 bits per heavy atom. The van der Waals surface area contributed by atoms with E-state index in [2.05, 4.69) is 11.2 Å². The highest BCUT2D eigenvalue weighted by Crippen LogP contribution is 2.22. The average Bonchev–Trinajstić information content (AvgIpc) is 2.29. The molecule has 0 spiro atoms. The zero-order valence-electron chi connectivity index (χ0n) is 9.04. The number of nitrogens with zero attached hydrogens (tertiary/aromatic N) is 1. The molecule has 0 unspecified atom stereocenters. The first-order valence-electron chi connectivity index (χ1n) is 4.70. The van der Waals surface area contributed by atoms with Gasteiger partial charge >= 0.3 is 5.97 Å². The summed E-state index contributed by atoms with van der Waals surface area (Å²) in [5.41, 5.74) is -0.773. The highest BCUT2D eigenvalue weighted by Gasteiger charge is 2.17. The van der Waals surface area contributed by atoms with Crippen molar-refractivity contribution < 1.29 is 19.6 Å². The largest absolute Gasteiger partial charge is 0.478 e. The Hall–Kier alpha value is -2.88. The fourth-order valence-corrected chi connectivity index (χ4v) is 1.22. The highest BCUT2D eigenvalue weighted by atomic mass is 16.6. The van der Waals surface area contributed by atoms with E-state index in [9.17, 15) is 19.7 Å². The van der Waals surface area contributed by atoms with Gasteiger partial charge in [0.15, 0.2) is 0 Å². The fraction of sp³-hybridized carbons (Fsp3) is 0.0909. The maximum atomic E-state index is 11.2. The lowest BCUT2D eigenvalue weighted by atomic mass is 10.1. The molecular weight excluding hydrogens is 240 g/mol. The molecule has 1 aromatic rings.